The first-order valence-electron chi connectivity index (χ1n) is 3.36. The maximum Gasteiger partial charge on any atom is 0.451 e. The topological polar surface area (TPSA) is 30.7 Å². The minimum absolute atomic E-state index is 0.169. The molecule has 1 heterocycles. The van der Waals surface area contributed by atoms with Gasteiger partial charge < -0.3 is 9.67 Å². The van der Waals surface area contributed by atoms with Crippen molar-refractivity contribution >= 4 is 0 Å². The first kappa shape index (κ1) is 10.7. The van der Waals surface area contributed by atoms with Gasteiger partial charge in [-0.15, -0.1) is 0 Å². The molecule has 0 aromatic carbocycles. The average molecular weight is 214 g/mol. The van der Waals surface area contributed by atoms with Gasteiger partial charge in [-0.25, -0.2) is 8.78 Å². The van der Waals surface area contributed by atoms with Gasteiger partial charge in [0.05, 0.1) is 0 Å². The Morgan fingerprint density at radius 2 is 1.71 bits per heavy atom. The molecule has 1 aromatic rings. The number of hydrogen-bond donors (Lipinski definition) is 0. The highest BCUT2D eigenvalue weighted by Gasteiger charge is 2.37. The van der Waals surface area contributed by atoms with Crippen molar-refractivity contribution in [3.05, 3.63) is 18.7 Å². The van der Waals surface area contributed by atoms with E-state index in [9.17, 15) is 22.0 Å². The summed E-state index contributed by atoms with van der Waals surface area (Å²) in [5, 5.41) is 2.74. The van der Waals surface area contributed by atoms with E-state index < -0.39 is 23.7 Å². The zero-order chi connectivity index (χ0) is 11.1. The fraction of sp³-hybridized carbons (Fsp3) is 0.500. The van der Waals surface area contributed by atoms with Crippen LogP contribution in [0, 0.1) is 7.05 Å². The van der Waals surface area contributed by atoms with Crippen molar-refractivity contribution in [1.29, 1.82) is 0 Å². The summed E-state index contributed by atoms with van der Waals surface area (Å²) in [4.78, 5) is 2.67. The normalized spacial score (nSPS) is 13.3. The third-order valence-corrected chi connectivity index (χ3v) is 1.32. The molecule has 1 rings (SSSR count). The van der Waals surface area contributed by atoms with E-state index in [1.54, 1.807) is 0 Å². The predicted molar refractivity (Wildman–Crippen MR) is 35.3 cm³/mol. The first-order valence-corrected chi connectivity index (χ1v) is 3.36. The van der Waals surface area contributed by atoms with Crippen molar-refractivity contribution < 1.29 is 22.0 Å². The molecule has 8 heteroatoms. The second kappa shape index (κ2) is 2.82. The fourth-order valence-electron chi connectivity index (χ4n) is 0.787. The summed E-state index contributed by atoms with van der Waals surface area (Å²) in [7, 11) is 2.88. The minimum atomic E-state index is -4.84. The molecule has 3 nitrogen and oxygen atoms in total. The van der Waals surface area contributed by atoms with E-state index in [1.165, 1.54) is 0 Å². The fourth-order valence-corrected chi connectivity index (χ4v) is 0.787. The SMILES string of the molecule is [CH2-]n1nc(C(F)(F)F)nc1C(C)(F)F. The Bertz CT molecular complexity index is 334. The van der Waals surface area contributed by atoms with Crippen molar-refractivity contribution in [3.8, 4) is 0 Å². The lowest BCUT2D eigenvalue weighted by atomic mass is 10.4. The molecule has 80 valence electrons. The van der Waals surface area contributed by atoms with Crippen LogP contribution < -0.4 is 0 Å². The summed E-state index contributed by atoms with van der Waals surface area (Å²) >= 11 is 0. The minimum Gasteiger partial charge on any atom is -0.382 e. The Balaban J connectivity index is 3.19. The van der Waals surface area contributed by atoms with Crippen molar-refractivity contribution in [3.63, 3.8) is 0 Å². The van der Waals surface area contributed by atoms with Gasteiger partial charge >= 0.3 is 6.18 Å². The van der Waals surface area contributed by atoms with Gasteiger partial charge in [-0.1, -0.05) is 0 Å². The van der Waals surface area contributed by atoms with Gasteiger partial charge in [0.2, 0.25) is 11.7 Å². The standard InChI is InChI=1S/C6H5F5N3/c1-5(7,8)4-12-3(6(9,10)11)13-14(4)2/h2H2,1H3/q-1. The molecular formula is C6H5F5N3-. The predicted octanol–water partition coefficient (Wildman–Crippen LogP) is 2.05. The maximum absolute atomic E-state index is 12.6. The molecule has 0 aliphatic rings. The van der Waals surface area contributed by atoms with E-state index in [1.807, 2.05) is 0 Å². The highest BCUT2D eigenvalue weighted by Crippen LogP contribution is 2.30. The highest BCUT2D eigenvalue weighted by molar-refractivity contribution is 5.02. The second-order valence-corrected chi connectivity index (χ2v) is 2.64. The molecule has 0 atom stereocenters. The van der Waals surface area contributed by atoms with Crippen molar-refractivity contribution in [2.75, 3.05) is 0 Å². The third-order valence-electron chi connectivity index (χ3n) is 1.32. The van der Waals surface area contributed by atoms with Crippen molar-refractivity contribution in [2.24, 2.45) is 0 Å². The number of nitrogens with zero attached hydrogens (tertiary/aromatic N) is 3. The van der Waals surface area contributed by atoms with Gasteiger partial charge in [-0.05, 0) is 6.92 Å². The maximum atomic E-state index is 12.6. The zero-order valence-corrected chi connectivity index (χ0v) is 6.94. The monoisotopic (exact) mass is 214 g/mol. The van der Waals surface area contributed by atoms with Crippen LogP contribution in [0.3, 0.4) is 0 Å². The third kappa shape index (κ3) is 1.94. The van der Waals surface area contributed by atoms with E-state index in [2.05, 4.69) is 17.1 Å². The van der Waals surface area contributed by atoms with E-state index in [0.717, 1.165) is 0 Å². The summed E-state index contributed by atoms with van der Waals surface area (Å²) in [6.07, 6.45) is -4.84. The van der Waals surface area contributed by atoms with Gasteiger partial charge in [-0.2, -0.15) is 25.3 Å². The van der Waals surface area contributed by atoms with Gasteiger partial charge in [-0.3, -0.25) is 0 Å². The molecule has 0 saturated carbocycles. The Kier molecular flexibility index (Phi) is 2.17. The lowest BCUT2D eigenvalue weighted by Gasteiger charge is -2.15. The first-order chi connectivity index (χ1) is 6.12. The molecule has 0 saturated heterocycles. The zero-order valence-electron chi connectivity index (χ0n) is 6.94. The molecule has 0 amide bonds. The summed E-state index contributed by atoms with van der Waals surface area (Å²) in [6.45, 7) is 0.416. The number of hydrogen-bond acceptors (Lipinski definition) is 2. The van der Waals surface area contributed by atoms with Crippen LogP contribution >= 0.6 is 0 Å². The molecule has 1 aromatic heterocycles. The molecule has 0 radical (unpaired) electrons. The van der Waals surface area contributed by atoms with Crippen LogP contribution in [0.4, 0.5) is 22.0 Å². The van der Waals surface area contributed by atoms with E-state index in [4.69, 9.17) is 0 Å². The number of alkyl halides is 5. The van der Waals surface area contributed by atoms with Gasteiger partial charge in [0.25, 0.3) is 0 Å². The van der Waals surface area contributed by atoms with E-state index in [0.29, 0.717) is 6.92 Å². The molecule has 0 aliphatic carbocycles. The van der Waals surface area contributed by atoms with E-state index in [-0.39, 0.29) is 4.68 Å². The Morgan fingerprint density at radius 1 is 1.21 bits per heavy atom. The quantitative estimate of drug-likeness (QED) is 0.529. The lowest BCUT2D eigenvalue weighted by molar-refractivity contribution is -0.145. The van der Waals surface area contributed by atoms with Crippen LogP contribution in [0.5, 0.6) is 0 Å². The van der Waals surface area contributed by atoms with Crippen LogP contribution in [-0.2, 0) is 12.1 Å². The number of rotatable bonds is 1. The summed E-state index contributed by atoms with van der Waals surface area (Å²) in [6, 6.07) is 0. The molecule has 0 bridgehead atoms. The largest absolute Gasteiger partial charge is 0.451 e. The molecule has 0 fully saturated rings. The van der Waals surface area contributed by atoms with Gasteiger partial charge in [0.15, 0.2) is 0 Å². The summed E-state index contributed by atoms with van der Waals surface area (Å²) < 4.78 is 61.2. The second-order valence-electron chi connectivity index (χ2n) is 2.64. The Morgan fingerprint density at radius 3 is 1.93 bits per heavy atom. The Labute approximate surface area is 75.5 Å². The average Bonchev–Trinajstić information content (AvgIpc) is 2.27. The lowest BCUT2D eigenvalue weighted by Crippen LogP contribution is -2.14. The molecular weight excluding hydrogens is 209 g/mol. The number of halogens is 5. The highest BCUT2D eigenvalue weighted by atomic mass is 19.4. The van der Waals surface area contributed by atoms with Crippen molar-refractivity contribution in [2.45, 2.75) is 19.0 Å². The molecule has 0 spiro atoms. The van der Waals surface area contributed by atoms with Gasteiger partial charge in [0.1, 0.15) is 0 Å². The van der Waals surface area contributed by atoms with Gasteiger partial charge in [0, 0.05) is 5.82 Å². The van der Waals surface area contributed by atoms with Crippen molar-refractivity contribution in [1.82, 2.24) is 14.8 Å². The summed E-state index contributed by atoms with van der Waals surface area (Å²) in [5.41, 5.74) is 0. The van der Waals surface area contributed by atoms with Crippen LogP contribution in [0.15, 0.2) is 0 Å². The molecule has 14 heavy (non-hydrogen) atoms. The van der Waals surface area contributed by atoms with Crippen LogP contribution in [0.25, 0.3) is 0 Å². The van der Waals surface area contributed by atoms with Crippen LogP contribution in [0.2, 0.25) is 0 Å². The molecule has 0 N–H and O–H groups in total. The van der Waals surface area contributed by atoms with E-state index >= 15 is 0 Å². The molecule has 0 aliphatic heterocycles. The molecule has 0 unspecified atom stereocenters. The summed E-state index contributed by atoms with van der Waals surface area (Å²) in [5.74, 6) is -6.24. The smallest absolute Gasteiger partial charge is 0.382 e. The van der Waals surface area contributed by atoms with Crippen LogP contribution in [-0.4, -0.2) is 14.8 Å². The Hall–Kier alpha value is -1.34. The van der Waals surface area contributed by atoms with Crippen LogP contribution in [0.1, 0.15) is 18.6 Å². The number of aromatic nitrogens is 3.